The number of fused-ring (bicyclic) bond motifs is 1. The molecule has 0 aliphatic carbocycles. The van der Waals surface area contributed by atoms with Crippen LogP contribution >= 0.6 is 0 Å². The van der Waals surface area contributed by atoms with Crippen molar-refractivity contribution in [3.05, 3.63) is 71.4 Å². The molecule has 0 radical (unpaired) electrons. The molecule has 0 atom stereocenters. The number of ketones is 1. The van der Waals surface area contributed by atoms with Crippen LogP contribution in [0.2, 0.25) is 0 Å². The monoisotopic (exact) mass is 328 g/mol. The van der Waals surface area contributed by atoms with E-state index in [1.165, 1.54) is 12.3 Å². The Kier molecular flexibility index (Phi) is 3.86. The van der Waals surface area contributed by atoms with Crippen molar-refractivity contribution in [3.63, 3.8) is 0 Å². The Morgan fingerprint density at radius 2 is 1.75 bits per heavy atom. The average Bonchev–Trinajstić information content (AvgIpc) is 2.92. The minimum Gasteiger partial charge on any atom is -0.342 e. The zero-order chi connectivity index (χ0) is 17.3. The summed E-state index contributed by atoms with van der Waals surface area (Å²) in [5, 5.41) is 9.39. The predicted molar refractivity (Wildman–Crippen MR) is 82.6 cm³/mol. The first-order valence-electron chi connectivity index (χ1n) is 7.09. The van der Waals surface area contributed by atoms with Gasteiger partial charge in [-0.15, -0.1) is 0 Å². The lowest BCUT2D eigenvalue weighted by Crippen LogP contribution is -2.22. The summed E-state index contributed by atoms with van der Waals surface area (Å²) < 4.78 is 40.0. The molecule has 3 nitrogen and oxygen atoms in total. The number of benzene rings is 2. The van der Waals surface area contributed by atoms with Crippen molar-refractivity contribution < 1.29 is 18.0 Å². The molecule has 1 aromatic heterocycles. The van der Waals surface area contributed by atoms with Crippen LogP contribution < -0.4 is 0 Å². The molecule has 0 aliphatic heterocycles. The maximum Gasteiger partial charge on any atom is 0.454 e. The summed E-state index contributed by atoms with van der Waals surface area (Å²) in [4.78, 5) is 11.7. The van der Waals surface area contributed by atoms with Crippen molar-refractivity contribution in [1.82, 2.24) is 4.57 Å². The Hall–Kier alpha value is -3.07. The van der Waals surface area contributed by atoms with Gasteiger partial charge < -0.3 is 4.57 Å². The van der Waals surface area contributed by atoms with Crippen LogP contribution in [0.15, 0.2) is 54.7 Å². The second-order valence-corrected chi connectivity index (χ2v) is 5.28. The SMILES string of the molecule is N#Cc1ccccc1Cn1cc(C(=O)C(F)(F)F)c2ccccc21. The van der Waals surface area contributed by atoms with E-state index in [1.807, 2.05) is 0 Å². The van der Waals surface area contributed by atoms with Gasteiger partial charge in [0.05, 0.1) is 17.2 Å². The fourth-order valence-corrected chi connectivity index (χ4v) is 2.66. The Morgan fingerprint density at radius 3 is 2.46 bits per heavy atom. The van der Waals surface area contributed by atoms with Crippen LogP contribution in [-0.4, -0.2) is 16.5 Å². The van der Waals surface area contributed by atoms with Gasteiger partial charge in [0.15, 0.2) is 0 Å². The molecule has 3 rings (SSSR count). The highest BCUT2D eigenvalue weighted by atomic mass is 19.4. The number of halogens is 3. The molecule has 1 heterocycles. The third kappa shape index (κ3) is 2.76. The molecule has 120 valence electrons. The lowest BCUT2D eigenvalue weighted by Gasteiger charge is -2.07. The van der Waals surface area contributed by atoms with E-state index in [1.54, 1.807) is 47.0 Å². The van der Waals surface area contributed by atoms with Crippen LogP contribution in [0.1, 0.15) is 21.5 Å². The Balaban J connectivity index is 2.13. The maximum absolute atomic E-state index is 12.8. The Bertz CT molecular complexity index is 964. The second-order valence-electron chi connectivity index (χ2n) is 5.28. The molecule has 0 saturated carbocycles. The number of hydrogen-bond donors (Lipinski definition) is 0. The number of Topliss-reactive ketones (excluding diaryl/α,β-unsaturated/α-hetero) is 1. The zero-order valence-electron chi connectivity index (χ0n) is 12.3. The van der Waals surface area contributed by atoms with Gasteiger partial charge in [-0.25, -0.2) is 0 Å². The normalized spacial score (nSPS) is 11.4. The predicted octanol–water partition coefficient (Wildman–Crippen LogP) is 4.31. The highest BCUT2D eigenvalue weighted by Gasteiger charge is 2.40. The number of carbonyl (C=O) groups is 1. The number of hydrogen-bond acceptors (Lipinski definition) is 2. The van der Waals surface area contributed by atoms with E-state index >= 15 is 0 Å². The third-order valence-electron chi connectivity index (χ3n) is 3.77. The molecule has 0 aliphatic rings. The van der Waals surface area contributed by atoms with Crippen molar-refractivity contribution in [1.29, 1.82) is 5.26 Å². The summed E-state index contributed by atoms with van der Waals surface area (Å²) in [6, 6.07) is 15.3. The van der Waals surface area contributed by atoms with Crippen LogP contribution in [0.5, 0.6) is 0 Å². The van der Waals surface area contributed by atoms with Crippen LogP contribution in [0.3, 0.4) is 0 Å². The summed E-state index contributed by atoms with van der Waals surface area (Å²) in [7, 11) is 0. The second kappa shape index (κ2) is 5.85. The van der Waals surface area contributed by atoms with Crippen molar-refractivity contribution in [2.45, 2.75) is 12.7 Å². The number of nitrogens with zero attached hydrogens (tertiary/aromatic N) is 2. The van der Waals surface area contributed by atoms with Crippen molar-refractivity contribution >= 4 is 16.7 Å². The van der Waals surface area contributed by atoms with Gasteiger partial charge in [0.2, 0.25) is 0 Å². The molecule has 0 N–H and O–H groups in total. The lowest BCUT2D eigenvalue weighted by molar-refractivity contribution is -0.0884. The van der Waals surface area contributed by atoms with Crippen molar-refractivity contribution in [2.24, 2.45) is 0 Å². The third-order valence-corrected chi connectivity index (χ3v) is 3.77. The minimum absolute atomic E-state index is 0.204. The first-order valence-corrected chi connectivity index (χ1v) is 7.09. The molecule has 3 aromatic rings. The molecule has 0 saturated heterocycles. The summed E-state index contributed by atoms with van der Waals surface area (Å²) >= 11 is 0. The fraction of sp³-hybridized carbons (Fsp3) is 0.111. The first kappa shape index (κ1) is 15.8. The summed E-state index contributed by atoms with van der Waals surface area (Å²) in [5.41, 5.74) is 1.25. The fourth-order valence-electron chi connectivity index (χ4n) is 2.66. The quantitative estimate of drug-likeness (QED) is 0.673. The summed E-state index contributed by atoms with van der Waals surface area (Å²) in [5.74, 6) is -1.87. The zero-order valence-corrected chi connectivity index (χ0v) is 12.3. The van der Waals surface area contributed by atoms with Gasteiger partial charge >= 0.3 is 6.18 Å². The van der Waals surface area contributed by atoms with Gasteiger partial charge in [-0.3, -0.25) is 4.79 Å². The number of aromatic nitrogens is 1. The standard InChI is InChI=1S/C18H11F3N2O/c19-18(20,21)17(24)15-11-23(16-8-4-3-7-14(15)16)10-13-6-2-1-5-12(13)9-22/h1-8,11H,10H2. The van der Waals surface area contributed by atoms with Crippen LogP contribution in [0.4, 0.5) is 13.2 Å². The topological polar surface area (TPSA) is 45.8 Å². The largest absolute Gasteiger partial charge is 0.454 e. The number of rotatable bonds is 3. The Morgan fingerprint density at radius 1 is 1.08 bits per heavy atom. The van der Waals surface area contributed by atoms with E-state index in [2.05, 4.69) is 6.07 Å². The maximum atomic E-state index is 12.8. The summed E-state index contributed by atoms with van der Waals surface area (Å²) in [6.45, 7) is 0.204. The smallest absolute Gasteiger partial charge is 0.342 e. The molecule has 0 amide bonds. The van der Waals surface area contributed by atoms with E-state index in [9.17, 15) is 18.0 Å². The molecular formula is C18H11F3N2O. The number of alkyl halides is 3. The number of para-hydroxylation sites is 1. The Labute approximate surface area is 135 Å². The van der Waals surface area contributed by atoms with E-state index in [4.69, 9.17) is 5.26 Å². The van der Waals surface area contributed by atoms with E-state index < -0.39 is 12.0 Å². The van der Waals surface area contributed by atoms with Crippen LogP contribution in [0.25, 0.3) is 10.9 Å². The molecular weight excluding hydrogens is 317 g/mol. The van der Waals surface area contributed by atoms with E-state index in [-0.39, 0.29) is 17.5 Å². The molecule has 0 spiro atoms. The highest BCUT2D eigenvalue weighted by Crippen LogP contribution is 2.29. The molecule has 6 heteroatoms. The highest BCUT2D eigenvalue weighted by molar-refractivity contribution is 6.10. The minimum atomic E-state index is -4.93. The van der Waals surface area contributed by atoms with Crippen molar-refractivity contribution in [3.8, 4) is 6.07 Å². The molecule has 0 bridgehead atoms. The van der Waals surface area contributed by atoms with Gasteiger partial charge in [0, 0.05) is 23.6 Å². The van der Waals surface area contributed by atoms with E-state index in [0.29, 0.717) is 16.6 Å². The average molecular weight is 328 g/mol. The molecule has 0 unspecified atom stereocenters. The van der Waals surface area contributed by atoms with Crippen LogP contribution in [-0.2, 0) is 6.54 Å². The first-order chi connectivity index (χ1) is 11.4. The molecule has 2 aromatic carbocycles. The lowest BCUT2D eigenvalue weighted by atomic mass is 10.1. The van der Waals surface area contributed by atoms with E-state index in [0.717, 1.165) is 0 Å². The van der Waals surface area contributed by atoms with Crippen LogP contribution in [0, 0.1) is 11.3 Å². The number of carbonyl (C=O) groups excluding carboxylic acids is 1. The molecule has 24 heavy (non-hydrogen) atoms. The van der Waals surface area contributed by atoms with Gasteiger partial charge in [-0.1, -0.05) is 36.4 Å². The van der Waals surface area contributed by atoms with Gasteiger partial charge in [0.25, 0.3) is 5.78 Å². The number of nitriles is 1. The molecule has 0 fully saturated rings. The van der Waals surface area contributed by atoms with Gasteiger partial charge in [0.1, 0.15) is 0 Å². The summed E-state index contributed by atoms with van der Waals surface area (Å²) in [6.07, 6.45) is -3.73. The van der Waals surface area contributed by atoms with Gasteiger partial charge in [-0.05, 0) is 17.7 Å². The van der Waals surface area contributed by atoms with Gasteiger partial charge in [-0.2, -0.15) is 18.4 Å². The van der Waals surface area contributed by atoms with Crippen molar-refractivity contribution in [2.75, 3.05) is 0 Å².